The van der Waals surface area contributed by atoms with Crippen LogP contribution in [0.15, 0.2) is 24.3 Å². The Morgan fingerprint density at radius 2 is 1.79 bits per heavy atom. The monoisotopic (exact) mass is 282 g/mol. The molecule has 1 aliphatic heterocycles. The molecule has 0 radical (unpaired) electrons. The number of hydrogen-bond donors (Lipinski definition) is 1. The number of nitrogen functional groups attached to an aromatic ring is 1. The highest BCUT2D eigenvalue weighted by Crippen LogP contribution is 2.31. The molecule has 1 fully saturated rings. The second-order valence-corrected chi connectivity index (χ2v) is 7.99. The molecular formula is C14H22N2O2S. The van der Waals surface area contributed by atoms with Crippen molar-refractivity contribution in [1.82, 2.24) is 4.31 Å². The Hall–Kier alpha value is -1.07. The summed E-state index contributed by atoms with van der Waals surface area (Å²) in [7, 11) is -3.26. The molecule has 0 spiro atoms. The van der Waals surface area contributed by atoms with Crippen molar-refractivity contribution in [2.24, 2.45) is 5.41 Å². The predicted octanol–water partition coefficient (Wildman–Crippen LogP) is 2.22. The first-order chi connectivity index (χ1) is 8.80. The van der Waals surface area contributed by atoms with Gasteiger partial charge < -0.3 is 5.73 Å². The highest BCUT2D eigenvalue weighted by atomic mass is 32.2. The molecule has 1 heterocycles. The van der Waals surface area contributed by atoms with E-state index in [-0.39, 0.29) is 11.2 Å². The van der Waals surface area contributed by atoms with Gasteiger partial charge >= 0.3 is 0 Å². The minimum Gasteiger partial charge on any atom is -0.398 e. The van der Waals surface area contributed by atoms with Gasteiger partial charge in [0.05, 0.1) is 5.75 Å². The van der Waals surface area contributed by atoms with Gasteiger partial charge in [-0.25, -0.2) is 12.7 Å². The highest BCUT2D eigenvalue weighted by molar-refractivity contribution is 7.88. The van der Waals surface area contributed by atoms with Crippen LogP contribution in [0.5, 0.6) is 0 Å². The molecule has 0 saturated carbocycles. The lowest BCUT2D eigenvalue weighted by molar-refractivity contribution is 0.195. The fourth-order valence-corrected chi connectivity index (χ4v) is 3.90. The molecule has 106 valence electrons. The van der Waals surface area contributed by atoms with Crippen LogP contribution >= 0.6 is 0 Å². The van der Waals surface area contributed by atoms with Crippen molar-refractivity contribution in [3.8, 4) is 0 Å². The topological polar surface area (TPSA) is 63.4 Å². The summed E-state index contributed by atoms with van der Waals surface area (Å²) in [6.07, 6.45) is 1.83. The van der Waals surface area contributed by atoms with Gasteiger partial charge in [0.15, 0.2) is 0 Å². The molecule has 1 aromatic carbocycles. The summed E-state index contributed by atoms with van der Waals surface area (Å²) in [5, 5.41) is 0. The third kappa shape index (κ3) is 3.48. The van der Waals surface area contributed by atoms with Crippen LogP contribution in [0.1, 0.15) is 32.3 Å². The van der Waals surface area contributed by atoms with Crippen molar-refractivity contribution in [3.63, 3.8) is 0 Å². The number of piperidine rings is 1. The van der Waals surface area contributed by atoms with Gasteiger partial charge in [0.25, 0.3) is 0 Å². The lowest BCUT2D eigenvalue weighted by Crippen LogP contribution is -2.41. The van der Waals surface area contributed by atoms with Crippen LogP contribution in [0, 0.1) is 5.41 Å². The molecule has 1 aromatic rings. The normalized spacial score (nSPS) is 20.3. The average molecular weight is 282 g/mol. The van der Waals surface area contributed by atoms with Gasteiger partial charge in [0, 0.05) is 18.8 Å². The molecule has 0 aliphatic carbocycles. The van der Waals surface area contributed by atoms with Gasteiger partial charge in [0.2, 0.25) is 10.0 Å². The zero-order chi connectivity index (χ0) is 14.1. The molecule has 1 aliphatic rings. The van der Waals surface area contributed by atoms with Gasteiger partial charge in [-0.05, 0) is 29.9 Å². The quantitative estimate of drug-likeness (QED) is 0.865. The van der Waals surface area contributed by atoms with Crippen LogP contribution in [-0.4, -0.2) is 25.8 Å². The van der Waals surface area contributed by atoms with Gasteiger partial charge in [0.1, 0.15) is 0 Å². The first-order valence-electron chi connectivity index (χ1n) is 6.61. The van der Waals surface area contributed by atoms with Crippen LogP contribution in [0.2, 0.25) is 0 Å². The number of nitrogens with zero attached hydrogens (tertiary/aromatic N) is 1. The van der Waals surface area contributed by atoms with Crippen molar-refractivity contribution in [3.05, 3.63) is 29.8 Å². The molecular weight excluding hydrogens is 260 g/mol. The fraction of sp³-hybridized carbons (Fsp3) is 0.571. The maximum atomic E-state index is 12.4. The van der Waals surface area contributed by atoms with Crippen LogP contribution in [0.3, 0.4) is 0 Å². The van der Waals surface area contributed by atoms with Crippen LogP contribution in [0.25, 0.3) is 0 Å². The van der Waals surface area contributed by atoms with E-state index in [2.05, 4.69) is 13.8 Å². The van der Waals surface area contributed by atoms with Crippen molar-refractivity contribution >= 4 is 15.7 Å². The predicted molar refractivity (Wildman–Crippen MR) is 78.1 cm³/mol. The third-order valence-corrected chi connectivity index (χ3v) is 5.69. The number of nitrogens with two attached hydrogens (primary N) is 1. The molecule has 0 amide bonds. The molecule has 2 rings (SSSR count). The Kier molecular flexibility index (Phi) is 3.87. The number of sulfonamides is 1. The Morgan fingerprint density at radius 1 is 1.21 bits per heavy atom. The molecule has 0 aromatic heterocycles. The Bertz CT molecular complexity index is 542. The molecule has 0 bridgehead atoms. The largest absolute Gasteiger partial charge is 0.398 e. The van der Waals surface area contributed by atoms with E-state index in [1.807, 2.05) is 12.1 Å². The number of rotatable bonds is 3. The van der Waals surface area contributed by atoms with Crippen molar-refractivity contribution < 1.29 is 8.42 Å². The summed E-state index contributed by atoms with van der Waals surface area (Å²) in [6, 6.07) is 7.15. The highest BCUT2D eigenvalue weighted by Gasteiger charge is 2.31. The SMILES string of the molecule is CC1(C)CCN(S(=O)(=O)Cc2ccccc2N)CC1. The van der Waals surface area contributed by atoms with E-state index in [9.17, 15) is 8.42 Å². The standard InChI is InChI=1S/C14H22N2O2S/c1-14(2)7-9-16(10-8-14)19(17,18)11-12-5-3-4-6-13(12)15/h3-6H,7-11,15H2,1-2H3. The summed E-state index contributed by atoms with van der Waals surface area (Å²) >= 11 is 0. The molecule has 19 heavy (non-hydrogen) atoms. The van der Waals surface area contributed by atoms with Crippen molar-refractivity contribution in [2.75, 3.05) is 18.8 Å². The lowest BCUT2D eigenvalue weighted by atomic mass is 9.83. The molecule has 0 unspecified atom stereocenters. The average Bonchev–Trinajstić information content (AvgIpc) is 2.31. The van der Waals surface area contributed by atoms with E-state index in [1.165, 1.54) is 0 Å². The Balaban J connectivity index is 2.10. The number of hydrogen-bond acceptors (Lipinski definition) is 3. The van der Waals surface area contributed by atoms with Gasteiger partial charge in [-0.15, -0.1) is 0 Å². The van der Waals surface area contributed by atoms with E-state index in [0.717, 1.165) is 12.8 Å². The molecule has 5 heteroatoms. The lowest BCUT2D eigenvalue weighted by Gasteiger charge is -2.36. The van der Waals surface area contributed by atoms with Crippen LogP contribution in [0.4, 0.5) is 5.69 Å². The molecule has 0 atom stereocenters. The minimum atomic E-state index is -3.26. The number of anilines is 1. The summed E-state index contributed by atoms with van der Waals surface area (Å²) in [6.45, 7) is 5.60. The second kappa shape index (κ2) is 5.13. The molecule has 2 N–H and O–H groups in total. The number of benzene rings is 1. The van der Waals surface area contributed by atoms with E-state index < -0.39 is 10.0 Å². The van der Waals surface area contributed by atoms with Crippen molar-refractivity contribution in [2.45, 2.75) is 32.4 Å². The summed E-state index contributed by atoms with van der Waals surface area (Å²) in [4.78, 5) is 0. The maximum absolute atomic E-state index is 12.4. The minimum absolute atomic E-state index is 0.000101. The van der Waals surface area contributed by atoms with Crippen LogP contribution in [-0.2, 0) is 15.8 Å². The summed E-state index contributed by atoms with van der Waals surface area (Å²) in [5.74, 6) is 0.000101. The van der Waals surface area contributed by atoms with Gasteiger partial charge in [-0.1, -0.05) is 32.0 Å². The third-order valence-electron chi connectivity index (χ3n) is 3.86. The fourth-order valence-electron chi connectivity index (χ4n) is 2.32. The van der Waals surface area contributed by atoms with Crippen LogP contribution < -0.4 is 5.73 Å². The van der Waals surface area contributed by atoms with Crippen molar-refractivity contribution in [1.29, 1.82) is 0 Å². The second-order valence-electron chi connectivity index (χ2n) is 6.02. The smallest absolute Gasteiger partial charge is 0.218 e. The number of para-hydroxylation sites is 1. The van der Waals surface area contributed by atoms with E-state index in [4.69, 9.17) is 5.73 Å². The zero-order valence-corrected chi connectivity index (χ0v) is 12.4. The van der Waals surface area contributed by atoms with Gasteiger partial charge in [-0.3, -0.25) is 0 Å². The van der Waals surface area contributed by atoms with E-state index in [0.29, 0.717) is 24.3 Å². The molecule has 1 saturated heterocycles. The molecule has 4 nitrogen and oxygen atoms in total. The summed E-state index contributed by atoms with van der Waals surface area (Å²) in [5.41, 5.74) is 7.30. The first-order valence-corrected chi connectivity index (χ1v) is 8.22. The Labute approximate surface area is 115 Å². The maximum Gasteiger partial charge on any atom is 0.218 e. The van der Waals surface area contributed by atoms with E-state index >= 15 is 0 Å². The van der Waals surface area contributed by atoms with Gasteiger partial charge in [-0.2, -0.15) is 0 Å². The zero-order valence-electron chi connectivity index (χ0n) is 11.6. The first kappa shape index (κ1) is 14.3. The Morgan fingerprint density at radius 3 is 2.37 bits per heavy atom. The van der Waals surface area contributed by atoms with E-state index in [1.54, 1.807) is 16.4 Å². The summed E-state index contributed by atoms with van der Waals surface area (Å²) < 4.78 is 26.4.